The van der Waals surface area contributed by atoms with E-state index < -0.39 is 8.32 Å². The number of aromatic nitrogens is 2. The average Bonchev–Trinajstić information content (AvgIpc) is 2.81. The summed E-state index contributed by atoms with van der Waals surface area (Å²) in [7, 11) is -1.51. The molecular formula is C20H33N2OSi+. The number of aryl methyl sites for hydroxylation is 4. The van der Waals surface area contributed by atoms with Crippen LogP contribution in [0.2, 0.25) is 19.6 Å². The van der Waals surface area contributed by atoms with Crippen molar-refractivity contribution < 1.29 is 8.99 Å². The molecule has 0 saturated carbocycles. The van der Waals surface area contributed by atoms with Crippen molar-refractivity contribution in [1.82, 2.24) is 4.57 Å². The molecule has 0 amide bonds. The Kier molecular flexibility index (Phi) is 5.40. The lowest BCUT2D eigenvalue weighted by atomic mass is 10.1. The fraction of sp³-hybridized carbons (Fsp3) is 0.550. The van der Waals surface area contributed by atoms with Gasteiger partial charge in [0.15, 0.2) is 8.32 Å². The van der Waals surface area contributed by atoms with Gasteiger partial charge in [-0.2, -0.15) is 0 Å². The van der Waals surface area contributed by atoms with Crippen molar-refractivity contribution in [3.05, 3.63) is 47.5 Å². The molecule has 0 bridgehead atoms. The normalized spacial score (nSPS) is 12.7. The summed E-state index contributed by atoms with van der Waals surface area (Å²) < 4.78 is 10.8. The Morgan fingerprint density at radius 1 is 1.08 bits per heavy atom. The Labute approximate surface area is 148 Å². The minimum absolute atomic E-state index is 0.0741. The Morgan fingerprint density at radius 2 is 1.67 bits per heavy atom. The monoisotopic (exact) mass is 345 g/mol. The van der Waals surface area contributed by atoms with Crippen molar-refractivity contribution in [2.75, 3.05) is 0 Å². The Hall–Kier alpha value is -1.39. The molecule has 0 saturated heterocycles. The van der Waals surface area contributed by atoms with E-state index in [0.717, 1.165) is 13.0 Å². The largest absolute Gasteiger partial charge is 0.413 e. The second-order valence-electron chi connectivity index (χ2n) is 8.53. The van der Waals surface area contributed by atoms with Crippen LogP contribution in [-0.2, 0) is 11.0 Å². The van der Waals surface area contributed by atoms with Crippen LogP contribution in [0.3, 0.4) is 0 Å². The van der Waals surface area contributed by atoms with Crippen molar-refractivity contribution in [2.45, 2.75) is 72.8 Å². The quantitative estimate of drug-likeness (QED) is 0.548. The molecular weight excluding hydrogens is 312 g/mol. The van der Waals surface area contributed by atoms with E-state index in [1.807, 2.05) is 0 Å². The molecule has 0 spiro atoms. The molecule has 0 unspecified atom stereocenters. The van der Waals surface area contributed by atoms with Crippen LogP contribution in [0.5, 0.6) is 0 Å². The summed E-state index contributed by atoms with van der Waals surface area (Å²) in [5.41, 5.74) is 5.17. The van der Waals surface area contributed by atoms with Gasteiger partial charge in [-0.25, -0.2) is 9.13 Å². The van der Waals surface area contributed by atoms with Crippen LogP contribution in [0.15, 0.2) is 30.9 Å². The fourth-order valence-corrected chi connectivity index (χ4v) is 5.28. The second kappa shape index (κ2) is 6.85. The zero-order valence-corrected chi connectivity index (χ0v) is 17.6. The van der Waals surface area contributed by atoms with Crippen molar-refractivity contribution in [3.63, 3.8) is 0 Å². The van der Waals surface area contributed by atoms with Crippen LogP contribution in [-0.4, -0.2) is 18.5 Å². The zero-order chi connectivity index (χ0) is 18.1. The lowest BCUT2D eigenvalue weighted by Crippen LogP contribution is -2.42. The SMILES string of the molecule is Cc1cc(C)c(-n2cc[n+](CCC(C)(C)O[Si](C)(C)C)c2)c(C)c1. The van der Waals surface area contributed by atoms with E-state index in [-0.39, 0.29) is 5.60 Å². The van der Waals surface area contributed by atoms with Gasteiger partial charge in [0.05, 0.1) is 12.1 Å². The van der Waals surface area contributed by atoms with Gasteiger partial charge in [-0.15, -0.1) is 0 Å². The molecule has 0 fully saturated rings. The third-order valence-electron chi connectivity index (χ3n) is 4.14. The van der Waals surface area contributed by atoms with E-state index in [2.05, 4.69) is 94.2 Å². The molecule has 0 aliphatic rings. The van der Waals surface area contributed by atoms with Gasteiger partial charge in [-0.3, -0.25) is 0 Å². The third-order valence-corrected chi connectivity index (χ3v) is 5.30. The van der Waals surface area contributed by atoms with Gasteiger partial charge in [-0.1, -0.05) is 17.7 Å². The number of benzene rings is 1. The minimum Gasteiger partial charge on any atom is -0.413 e. The van der Waals surface area contributed by atoms with Crippen LogP contribution in [0, 0.1) is 20.8 Å². The van der Waals surface area contributed by atoms with Gasteiger partial charge in [0.1, 0.15) is 18.1 Å². The van der Waals surface area contributed by atoms with Crippen LogP contribution in [0.4, 0.5) is 0 Å². The van der Waals surface area contributed by atoms with E-state index in [4.69, 9.17) is 4.43 Å². The molecule has 24 heavy (non-hydrogen) atoms. The molecule has 3 nitrogen and oxygen atoms in total. The number of hydrogen-bond acceptors (Lipinski definition) is 1. The average molecular weight is 346 g/mol. The molecule has 0 radical (unpaired) electrons. The minimum atomic E-state index is -1.51. The Balaban J connectivity index is 2.12. The molecule has 0 aliphatic carbocycles. The highest BCUT2D eigenvalue weighted by molar-refractivity contribution is 6.69. The molecule has 2 aromatic rings. The van der Waals surface area contributed by atoms with Crippen molar-refractivity contribution >= 4 is 8.32 Å². The Bertz CT molecular complexity index is 688. The molecule has 0 aliphatic heterocycles. The first-order valence-corrected chi connectivity index (χ1v) is 12.2. The summed E-state index contributed by atoms with van der Waals surface area (Å²) in [5.74, 6) is 0. The molecule has 132 valence electrons. The van der Waals surface area contributed by atoms with E-state index in [0.29, 0.717) is 0 Å². The smallest absolute Gasteiger partial charge is 0.248 e. The number of rotatable bonds is 6. The van der Waals surface area contributed by atoms with E-state index in [1.165, 1.54) is 22.4 Å². The third kappa shape index (κ3) is 5.05. The highest BCUT2D eigenvalue weighted by atomic mass is 28.4. The molecule has 2 rings (SSSR count). The fourth-order valence-electron chi connectivity index (χ4n) is 3.52. The molecule has 1 aromatic heterocycles. The lowest BCUT2D eigenvalue weighted by Gasteiger charge is -2.32. The molecule has 1 heterocycles. The summed E-state index contributed by atoms with van der Waals surface area (Å²) in [6.07, 6.45) is 7.51. The summed E-state index contributed by atoms with van der Waals surface area (Å²) in [4.78, 5) is 0. The molecule has 1 aromatic carbocycles. The van der Waals surface area contributed by atoms with Gasteiger partial charge in [0, 0.05) is 6.42 Å². The first kappa shape index (κ1) is 18.9. The first-order chi connectivity index (χ1) is 11.0. The molecule has 0 N–H and O–H groups in total. The number of nitrogens with zero attached hydrogens (tertiary/aromatic N) is 2. The van der Waals surface area contributed by atoms with Crippen molar-refractivity contribution in [3.8, 4) is 5.69 Å². The number of imidazole rings is 1. The molecule has 0 atom stereocenters. The maximum atomic E-state index is 6.31. The van der Waals surface area contributed by atoms with E-state index in [9.17, 15) is 0 Å². The predicted octanol–water partition coefficient (Wildman–Crippen LogP) is 4.71. The summed E-state index contributed by atoms with van der Waals surface area (Å²) >= 11 is 0. The van der Waals surface area contributed by atoms with Crippen molar-refractivity contribution in [1.29, 1.82) is 0 Å². The van der Waals surface area contributed by atoms with Crippen LogP contribution in [0.1, 0.15) is 37.0 Å². The summed E-state index contributed by atoms with van der Waals surface area (Å²) in [6, 6.07) is 4.50. The first-order valence-electron chi connectivity index (χ1n) is 8.82. The van der Waals surface area contributed by atoms with Gasteiger partial charge in [0.2, 0.25) is 6.33 Å². The van der Waals surface area contributed by atoms with E-state index in [1.54, 1.807) is 0 Å². The standard InChI is InChI=1S/C20H33N2OSi/c1-16-13-17(2)19(18(3)14-16)22-12-11-21(15-22)10-9-20(4,5)23-24(6,7)8/h11-15H,9-10H2,1-8H3/q+1. The molecule has 4 heteroatoms. The van der Waals surface area contributed by atoms with Gasteiger partial charge >= 0.3 is 0 Å². The highest BCUT2D eigenvalue weighted by Gasteiger charge is 2.27. The van der Waals surface area contributed by atoms with Gasteiger partial charge < -0.3 is 4.43 Å². The van der Waals surface area contributed by atoms with Crippen LogP contribution < -0.4 is 4.57 Å². The summed E-state index contributed by atoms with van der Waals surface area (Å²) in [6.45, 7) is 18.7. The van der Waals surface area contributed by atoms with Gasteiger partial charge in [0.25, 0.3) is 0 Å². The zero-order valence-electron chi connectivity index (χ0n) is 16.6. The van der Waals surface area contributed by atoms with Crippen LogP contribution in [0.25, 0.3) is 5.69 Å². The highest BCUT2D eigenvalue weighted by Crippen LogP contribution is 2.22. The lowest BCUT2D eigenvalue weighted by molar-refractivity contribution is -0.698. The van der Waals surface area contributed by atoms with Gasteiger partial charge in [-0.05, 0) is 65.4 Å². The topological polar surface area (TPSA) is 18.0 Å². The second-order valence-corrected chi connectivity index (χ2v) is 13.0. The predicted molar refractivity (Wildman–Crippen MR) is 103 cm³/mol. The Morgan fingerprint density at radius 3 is 2.21 bits per heavy atom. The van der Waals surface area contributed by atoms with Crippen molar-refractivity contribution in [2.24, 2.45) is 0 Å². The summed E-state index contributed by atoms with van der Waals surface area (Å²) in [5, 5.41) is 0. The maximum Gasteiger partial charge on any atom is 0.248 e. The van der Waals surface area contributed by atoms with Crippen LogP contribution >= 0.6 is 0 Å². The van der Waals surface area contributed by atoms with E-state index >= 15 is 0 Å². The maximum absolute atomic E-state index is 6.31. The number of hydrogen-bond donors (Lipinski definition) is 0.